The summed E-state index contributed by atoms with van der Waals surface area (Å²) in [7, 11) is -1.82. The number of sulfonamides is 1. The van der Waals surface area contributed by atoms with E-state index in [1.165, 1.54) is 12.1 Å². The molecule has 0 atom stereocenters. The van der Waals surface area contributed by atoms with Crippen molar-refractivity contribution in [1.82, 2.24) is 4.72 Å². The van der Waals surface area contributed by atoms with Crippen molar-refractivity contribution in [2.45, 2.75) is 11.3 Å². The first-order chi connectivity index (χ1) is 7.60. The van der Waals surface area contributed by atoms with Gasteiger partial charge in [-0.2, -0.15) is 0 Å². The minimum atomic E-state index is -3.37. The SMILES string of the molecule is COc1ccc(S(=O)(=O)NCCCI)cc1. The van der Waals surface area contributed by atoms with Gasteiger partial charge in [0, 0.05) is 11.0 Å². The molecule has 1 aromatic rings. The van der Waals surface area contributed by atoms with Gasteiger partial charge in [-0.1, -0.05) is 22.6 Å². The van der Waals surface area contributed by atoms with Crippen molar-refractivity contribution >= 4 is 32.6 Å². The minimum absolute atomic E-state index is 0.266. The fourth-order valence-corrected chi connectivity index (χ4v) is 2.57. The monoisotopic (exact) mass is 355 g/mol. The van der Waals surface area contributed by atoms with Gasteiger partial charge in [0.25, 0.3) is 0 Å². The second-order valence-corrected chi connectivity index (χ2v) is 5.96. The van der Waals surface area contributed by atoms with Gasteiger partial charge in [0.15, 0.2) is 0 Å². The maximum atomic E-state index is 11.8. The molecule has 0 heterocycles. The number of nitrogens with one attached hydrogen (secondary N) is 1. The Balaban J connectivity index is 2.74. The van der Waals surface area contributed by atoms with Gasteiger partial charge in [0.05, 0.1) is 12.0 Å². The highest BCUT2D eigenvalue weighted by molar-refractivity contribution is 14.1. The van der Waals surface area contributed by atoms with Crippen molar-refractivity contribution in [2.24, 2.45) is 0 Å². The van der Waals surface area contributed by atoms with Crippen molar-refractivity contribution in [2.75, 3.05) is 18.1 Å². The molecule has 0 unspecified atom stereocenters. The van der Waals surface area contributed by atoms with Crippen LogP contribution in [-0.2, 0) is 10.0 Å². The summed E-state index contributed by atoms with van der Waals surface area (Å²) in [6.07, 6.45) is 0.829. The molecule has 0 aliphatic carbocycles. The Hall–Kier alpha value is -0.340. The lowest BCUT2D eigenvalue weighted by molar-refractivity contribution is 0.414. The van der Waals surface area contributed by atoms with E-state index in [1.807, 2.05) is 0 Å². The fourth-order valence-electron chi connectivity index (χ4n) is 1.11. The second-order valence-electron chi connectivity index (χ2n) is 3.12. The van der Waals surface area contributed by atoms with Crippen LogP contribution in [0, 0.1) is 0 Å². The Kier molecular flexibility index (Phi) is 5.50. The summed E-state index contributed by atoms with van der Waals surface area (Å²) in [5, 5.41) is 0. The number of methoxy groups -OCH3 is 1. The quantitative estimate of drug-likeness (QED) is 0.481. The molecule has 0 spiro atoms. The van der Waals surface area contributed by atoms with Crippen LogP contribution in [0.1, 0.15) is 6.42 Å². The minimum Gasteiger partial charge on any atom is -0.497 e. The number of hydrogen-bond donors (Lipinski definition) is 1. The fraction of sp³-hybridized carbons (Fsp3) is 0.400. The molecule has 0 bridgehead atoms. The van der Waals surface area contributed by atoms with E-state index < -0.39 is 10.0 Å². The van der Waals surface area contributed by atoms with Crippen molar-refractivity contribution in [3.8, 4) is 5.75 Å². The van der Waals surface area contributed by atoms with Gasteiger partial charge in [0.2, 0.25) is 10.0 Å². The van der Waals surface area contributed by atoms with Gasteiger partial charge in [-0.3, -0.25) is 0 Å². The Morgan fingerprint density at radius 1 is 1.31 bits per heavy atom. The van der Waals surface area contributed by atoms with Crippen LogP contribution in [0.4, 0.5) is 0 Å². The molecule has 0 amide bonds. The Bertz CT molecular complexity index is 416. The van der Waals surface area contributed by atoms with Crippen LogP contribution >= 0.6 is 22.6 Å². The number of alkyl halides is 1. The Morgan fingerprint density at radius 2 is 1.94 bits per heavy atom. The molecule has 0 aliphatic heterocycles. The molecule has 0 fully saturated rings. The molecule has 0 radical (unpaired) electrons. The lowest BCUT2D eigenvalue weighted by Crippen LogP contribution is -2.24. The predicted molar refractivity (Wildman–Crippen MR) is 71.7 cm³/mol. The third-order valence-corrected chi connectivity index (χ3v) is 4.21. The number of rotatable bonds is 6. The van der Waals surface area contributed by atoms with Gasteiger partial charge in [-0.15, -0.1) is 0 Å². The zero-order chi connectivity index (χ0) is 12.0. The van der Waals surface area contributed by atoms with Gasteiger partial charge < -0.3 is 4.74 Å². The molecule has 4 nitrogen and oxygen atoms in total. The van der Waals surface area contributed by atoms with E-state index in [9.17, 15) is 8.42 Å². The topological polar surface area (TPSA) is 55.4 Å². The number of benzene rings is 1. The van der Waals surface area contributed by atoms with E-state index >= 15 is 0 Å². The lowest BCUT2D eigenvalue weighted by Gasteiger charge is -2.06. The Morgan fingerprint density at radius 3 is 2.44 bits per heavy atom. The maximum Gasteiger partial charge on any atom is 0.240 e. The molecular weight excluding hydrogens is 341 g/mol. The molecule has 0 aromatic heterocycles. The normalized spacial score (nSPS) is 11.4. The highest BCUT2D eigenvalue weighted by Gasteiger charge is 2.12. The smallest absolute Gasteiger partial charge is 0.240 e. The van der Waals surface area contributed by atoms with Crippen molar-refractivity contribution in [3.05, 3.63) is 24.3 Å². The summed E-state index contributed by atoms with van der Waals surface area (Å²) < 4.78 is 31.9. The summed E-state index contributed by atoms with van der Waals surface area (Å²) in [5.74, 6) is 0.645. The number of halogens is 1. The molecule has 6 heteroatoms. The van der Waals surface area contributed by atoms with Crippen LogP contribution in [0.2, 0.25) is 0 Å². The van der Waals surface area contributed by atoms with Crippen LogP contribution in [0.5, 0.6) is 5.75 Å². The van der Waals surface area contributed by atoms with Gasteiger partial charge >= 0.3 is 0 Å². The molecule has 90 valence electrons. The van der Waals surface area contributed by atoms with E-state index in [0.717, 1.165) is 10.8 Å². The average molecular weight is 355 g/mol. The maximum absolute atomic E-state index is 11.8. The average Bonchev–Trinajstić information content (AvgIpc) is 2.29. The first-order valence-corrected chi connectivity index (χ1v) is 7.80. The highest BCUT2D eigenvalue weighted by Crippen LogP contribution is 2.15. The standard InChI is InChI=1S/C10H14INO3S/c1-15-9-3-5-10(6-4-9)16(13,14)12-8-2-7-11/h3-6,12H,2,7-8H2,1H3. The second kappa shape index (κ2) is 6.41. The molecule has 1 N–H and O–H groups in total. The molecular formula is C10H14INO3S. The molecule has 1 rings (SSSR count). The highest BCUT2D eigenvalue weighted by atomic mass is 127. The van der Waals surface area contributed by atoms with Crippen molar-refractivity contribution < 1.29 is 13.2 Å². The van der Waals surface area contributed by atoms with Crippen LogP contribution in [-0.4, -0.2) is 26.5 Å². The van der Waals surface area contributed by atoms with Gasteiger partial charge in [0.1, 0.15) is 5.75 Å². The first-order valence-electron chi connectivity index (χ1n) is 4.80. The van der Waals surface area contributed by atoms with Gasteiger partial charge in [-0.25, -0.2) is 13.1 Å². The lowest BCUT2D eigenvalue weighted by atomic mass is 10.3. The van der Waals surface area contributed by atoms with E-state index in [2.05, 4.69) is 27.3 Å². The third-order valence-electron chi connectivity index (χ3n) is 1.97. The van der Waals surface area contributed by atoms with Crippen molar-refractivity contribution in [1.29, 1.82) is 0 Å². The zero-order valence-electron chi connectivity index (χ0n) is 8.94. The number of hydrogen-bond acceptors (Lipinski definition) is 3. The summed E-state index contributed by atoms with van der Waals surface area (Å²) in [5.41, 5.74) is 0. The van der Waals surface area contributed by atoms with E-state index in [0.29, 0.717) is 12.3 Å². The predicted octanol–water partition coefficient (Wildman–Crippen LogP) is 1.80. The van der Waals surface area contributed by atoms with E-state index in [1.54, 1.807) is 19.2 Å². The van der Waals surface area contributed by atoms with Crippen molar-refractivity contribution in [3.63, 3.8) is 0 Å². The first kappa shape index (κ1) is 13.7. The molecule has 1 aromatic carbocycles. The summed E-state index contributed by atoms with van der Waals surface area (Å²) >= 11 is 2.21. The molecule has 0 saturated carbocycles. The van der Waals surface area contributed by atoms with E-state index in [4.69, 9.17) is 4.74 Å². The Labute approximate surface area is 110 Å². The van der Waals surface area contributed by atoms with E-state index in [-0.39, 0.29) is 4.90 Å². The zero-order valence-corrected chi connectivity index (χ0v) is 11.9. The largest absolute Gasteiger partial charge is 0.497 e. The van der Waals surface area contributed by atoms with Crippen LogP contribution in [0.15, 0.2) is 29.2 Å². The van der Waals surface area contributed by atoms with Crippen LogP contribution in [0.3, 0.4) is 0 Å². The summed E-state index contributed by atoms with van der Waals surface area (Å²) in [6, 6.07) is 6.33. The molecule has 16 heavy (non-hydrogen) atoms. The molecule has 0 aliphatic rings. The van der Waals surface area contributed by atoms with Crippen LogP contribution in [0.25, 0.3) is 0 Å². The third kappa shape index (κ3) is 3.91. The summed E-state index contributed by atoms with van der Waals surface area (Å²) in [6.45, 7) is 0.470. The molecule has 0 saturated heterocycles. The van der Waals surface area contributed by atoms with Crippen LogP contribution < -0.4 is 9.46 Å². The summed E-state index contributed by atoms with van der Waals surface area (Å²) in [4.78, 5) is 0.266. The number of ether oxygens (including phenoxy) is 1. The van der Waals surface area contributed by atoms with Gasteiger partial charge in [-0.05, 0) is 30.7 Å².